The molecule has 4 rings (SSSR count). The Hall–Kier alpha value is -2.31. The van der Waals surface area contributed by atoms with Crippen LogP contribution in [0.25, 0.3) is 0 Å². The molecule has 2 aromatic rings. The zero-order chi connectivity index (χ0) is 19.7. The van der Waals surface area contributed by atoms with Crippen LogP contribution < -0.4 is 5.32 Å². The molecule has 0 unspecified atom stereocenters. The van der Waals surface area contributed by atoms with Crippen molar-refractivity contribution >= 4 is 5.97 Å². The van der Waals surface area contributed by atoms with Crippen LogP contribution in [0, 0.1) is 17.6 Å². The second-order valence-corrected chi connectivity index (χ2v) is 7.49. The standard InChI is InChI=1S/C22H23F2NO3/c1-27-22(26)20-18-11-10-17(25-18)12-19(20)28-21(13-2-6-15(23)7-3-13)14-4-8-16(24)9-5-14/h2-9,17-21,25H,10-12H2,1H3/t17-,18+,19+,20+/m1/s1. The lowest BCUT2D eigenvalue weighted by Gasteiger charge is -2.37. The van der Waals surface area contributed by atoms with Crippen molar-refractivity contribution in [3.05, 3.63) is 71.3 Å². The minimum absolute atomic E-state index is 0.0262. The number of halogens is 2. The quantitative estimate of drug-likeness (QED) is 0.794. The van der Waals surface area contributed by atoms with Crippen molar-refractivity contribution < 1.29 is 23.0 Å². The van der Waals surface area contributed by atoms with Gasteiger partial charge in [0.25, 0.3) is 0 Å². The molecule has 0 spiro atoms. The van der Waals surface area contributed by atoms with Gasteiger partial charge in [-0.3, -0.25) is 4.79 Å². The topological polar surface area (TPSA) is 47.6 Å². The van der Waals surface area contributed by atoms with E-state index in [0.717, 1.165) is 24.0 Å². The number of methoxy groups -OCH3 is 1. The molecule has 0 saturated carbocycles. The summed E-state index contributed by atoms with van der Waals surface area (Å²) in [6.45, 7) is 0. The smallest absolute Gasteiger partial charge is 0.312 e. The van der Waals surface area contributed by atoms with Crippen molar-refractivity contribution in [1.29, 1.82) is 0 Å². The molecule has 6 heteroatoms. The summed E-state index contributed by atoms with van der Waals surface area (Å²) in [4.78, 5) is 12.5. The Morgan fingerprint density at radius 3 is 2.11 bits per heavy atom. The van der Waals surface area contributed by atoms with Crippen molar-refractivity contribution in [2.24, 2.45) is 5.92 Å². The zero-order valence-electron chi connectivity index (χ0n) is 15.6. The van der Waals surface area contributed by atoms with Crippen molar-refractivity contribution in [3.63, 3.8) is 0 Å². The van der Waals surface area contributed by atoms with Crippen LogP contribution in [0.4, 0.5) is 8.78 Å². The Bertz CT molecular complexity index is 779. The lowest BCUT2D eigenvalue weighted by atomic mass is 9.88. The van der Waals surface area contributed by atoms with Gasteiger partial charge in [-0.25, -0.2) is 8.78 Å². The first-order chi connectivity index (χ1) is 13.5. The van der Waals surface area contributed by atoms with Crippen molar-refractivity contribution in [2.75, 3.05) is 7.11 Å². The van der Waals surface area contributed by atoms with E-state index in [4.69, 9.17) is 9.47 Å². The number of hydrogen-bond donors (Lipinski definition) is 1. The number of nitrogens with one attached hydrogen (secondary N) is 1. The molecule has 2 heterocycles. The molecule has 1 N–H and O–H groups in total. The van der Waals surface area contributed by atoms with Gasteiger partial charge in [-0.2, -0.15) is 0 Å². The van der Waals surface area contributed by atoms with Crippen LogP contribution in [0.3, 0.4) is 0 Å². The Balaban J connectivity index is 1.67. The van der Waals surface area contributed by atoms with Crippen LogP contribution in [-0.2, 0) is 14.3 Å². The van der Waals surface area contributed by atoms with Gasteiger partial charge in [0, 0.05) is 12.1 Å². The predicted octanol–water partition coefficient (Wildman–Crippen LogP) is 3.75. The number of fused-ring (bicyclic) bond motifs is 2. The Labute approximate surface area is 162 Å². The monoisotopic (exact) mass is 387 g/mol. The average molecular weight is 387 g/mol. The number of ether oxygens (including phenoxy) is 2. The van der Waals surface area contributed by atoms with E-state index < -0.39 is 12.0 Å². The van der Waals surface area contributed by atoms with Gasteiger partial charge in [-0.1, -0.05) is 24.3 Å². The molecule has 4 nitrogen and oxygen atoms in total. The van der Waals surface area contributed by atoms with Gasteiger partial charge < -0.3 is 14.8 Å². The summed E-state index contributed by atoms with van der Waals surface area (Å²) in [6.07, 6.45) is 1.72. The summed E-state index contributed by atoms with van der Waals surface area (Å²) in [5, 5.41) is 3.47. The minimum Gasteiger partial charge on any atom is -0.469 e. The van der Waals surface area contributed by atoms with Crippen LogP contribution in [0.5, 0.6) is 0 Å². The second kappa shape index (κ2) is 7.97. The molecular formula is C22H23F2NO3. The van der Waals surface area contributed by atoms with Gasteiger partial charge >= 0.3 is 5.97 Å². The molecule has 2 fully saturated rings. The highest BCUT2D eigenvalue weighted by Crippen LogP contribution is 2.38. The van der Waals surface area contributed by atoms with E-state index >= 15 is 0 Å². The molecule has 2 bridgehead atoms. The third kappa shape index (κ3) is 3.80. The lowest BCUT2D eigenvalue weighted by Crippen LogP contribution is -2.52. The van der Waals surface area contributed by atoms with E-state index in [1.807, 2.05) is 0 Å². The fourth-order valence-corrected chi connectivity index (χ4v) is 4.40. The Morgan fingerprint density at radius 2 is 1.57 bits per heavy atom. The number of piperidine rings is 1. The average Bonchev–Trinajstić information content (AvgIpc) is 3.08. The van der Waals surface area contributed by atoms with E-state index in [0.29, 0.717) is 12.5 Å². The molecule has 0 aliphatic carbocycles. The van der Waals surface area contributed by atoms with E-state index in [-0.39, 0.29) is 29.7 Å². The molecule has 0 aromatic heterocycles. The molecule has 2 aliphatic rings. The number of rotatable bonds is 5. The van der Waals surface area contributed by atoms with Gasteiger partial charge in [0.05, 0.1) is 19.1 Å². The van der Waals surface area contributed by atoms with Crippen molar-refractivity contribution in [1.82, 2.24) is 5.32 Å². The van der Waals surface area contributed by atoms with Crippen LogP contribution in [0.1, 0.15) is 36.5 Å². The molecule has 2 aliphatic heterocycles. The first kappa shape index (κ1) is 19.0. The summed E-state index contributed by atoms with van der Waals surface area (Å²) in [5.41, 5.74) is 1.50. The first-order valence-electron chi connectivity index (χ1n) is 9.55. The third-order valence-corrected chi connectivity index (χ3v) is 5.76. The second-order valence-electron chi connectivity index (χ2n) is 7.49. The van der Waals surface area contributed by atoms with E-state index in [2.05, 4.69) is 5.32 Å². The minimum atomic E-state index is -0.532. The van der Waals surface area contributed by atoms with E-state index in [9.17, 15) is 13.6 Å². The molecule has 2 aromatic carbocycles. The van der Waals surface area contributed by atoms with Crippen LogP contribution in [-0.4, -0.2) is 31.3 Å². The maximum absolute atomic E-state index is 13.4. The molecule has 4 atom stereocenters. The highest BCUT2D eigenvalue weighted by Gasteiger charge is 2.47. The summed E-state index contributed by atoms with van der Waals surface area (Å²) in [7, 11) is 1.39. The van der Waals surface area contributed by atoms with Crippen molar-refractivity contribution in [2.45, 2.75) is 43.6 Å². The molecule has 0 radical (unpaired) electrons. The number of carbonyl (C=O) groups excluding carboxylic acids is 1. The Morgan fingerprint density at radius 1 is 1.00 bits per heavy atom. The number of esters is 1. The number of carbonyl (C=O) groups is 1. The van der Waals surface area contributed by atoms with Crippen LogP contribution in [0.2, 0.25) is 0 Å². The van der Waals surface area contributed by atoms with Gasteiger partial charge in [-0.15, -0.1) is 0 Å². The third-order valence-electron chi connectivity index (χ3n) is 5.76. The first-order valence-corrected chi connectivity index (χ1v) is 9.55. The molecule has 0 amide bonds. The van der Waals surface area contributed by atoms with Gasteiger partial charge in [-0.05, 0) is 54.7 Å². The highest BCUT2D eigenvalue weighted by atomic mass is 19.1. The molecular weight excluding hydrogens is 364 g/mol. The van der Waals surface area contributed by atoms with Crippen LogP contribution >= 0.6 is 0 Å². The summed E-state index contributed by atoms with van der Waals surface area (Å²) in [6, 6.07) is 12.5. The number of hydrogen-bond acceptors (Lipinski definition) is 4. The van der Waals surface area contributed by atoms with Gasteiger partial charge in [0.15, 0.2) is 0 Å². The number of benzene rings is 2. The molecule has 2 saturated heterocycles. The normalized spacial score (nSPS) is 26.4. The van der Waals surface area contributed by atoms with Gasteiger partial charge in [0.2, 0.25) is 0 Å². The summed E-state index contributed by atoms with van der Waals surface area (Å²) < 4.78 is 38.4. The Kier molecular flexibility index (Phi) is 5.42. The SMILES string of the molecule is COC(=O)[C@H]1[C@@H]2CC[C@H](C[C@@H]1OC(c1ccc(F)cc1)c1ccc(F)cc1)N2. The van der Waals surface area contributed by atoms with Crippen molar-refractivity contribution in [3.8, 4) is 0 Å². The van der Waals surface area contributed by atoms with E-state index in [1.165, 1.54) is 31.4 Å². The summed E-state index contributed by atoms with van der Waals surface area (Å²) >= 11 is 0. The molecule has 28 heavy (non-hydrogen) atoms. The largest absolute Gasteiger partial charge is 0.469 e. The fraction of sp³-hybridized carbons (Fsp3) is 0.409. The zero-order valence-corrected chi connectivity index (χ0v) is 15.6. The summed E-state index contributed by atoms with van der Waals surface area (Å²) in [5.74, 6) is -1.38. The van der Waals surface area contributed by atoms with Crippen LogP contribution in [0.15, 0.2) is 48.5 Å². The molecule has 148 valence electrons. The fourth-order valence-electron chi connectivity index (χ4n) is 4.40. The predicted molar refractivity (Wildman–Crippen MR) is 99.6 cm³/mol. The maximum atomic E-state index is 13.4. The lowest BCUT2D eigenvalue weighted by molar-refractivity contribution is -0.157. The van der Waals surface area contributed by atoms with E-state index in [1.54, 1.807) is 24.3 Å². The van der Waals surface area contributed by atoms with Gasteiger partial charge in [0.1, 0.15) is 17.7 Å². The maximum Gasteiger partial charge on any atom is 0.312 e. The highest BCUT2D eigenvalue weighted by molar-refractivity contribution is 5.74.